The summed E-state index contributed by atoms with van der Waals surface area (Å²) in [5.74, 6) is 1.81. The van der Waals surface area contributed by atoms with E-state index in [1.54, 1.807) is 0 Å². The van der Waals surface area contributed by atoms with Crippen molar-refractivity contribution in [2.75, 3.05) is 0 Å². The molecule has 0 N–H and O–H groups in total. The van der Waals surface area contributed by atoms with Crippen molar-refractivity contribution in [3.63, 3.8) is 0 Å². The van der Waals surface area contributed by atoms with Gasteiger partial charge in [-0.3, -0.25) is 9.55 Å². The van der Waals surface area contributed by atoms with Crippen LogP contribution in [-0.2, 0) is 0 Å². The van der Waals surface area contributed by atoms with Crippen molar-refractivity contribution >= 4 is 43.6 Å². The van der Waals surface area contributed by atoms with E-state index in [-0.39, 0.29) is 0 Å². The molecule has 0 fully saturated rings. The second-order valence-electron chi connectivity index (χ2n) is 12.3. The third-order valence-corrected chi connectivity index (χ3v) is 9.42. The molecular weight excluding hydrogens is 613 g/mol. The number of aromatic nitrogens is 6. The maximum Gasteiger partial charge on any atom is 0.238 e. The van der Waals surface area contributed by atoms with E-state index in [2.05, 4.69) is 105 Å². The Balaban J connectivity index is 1.35. The van der Waals surface area contributed by atoms with Gasteiger partial charge in [0.05, 0.1) is 27.8 Å². The van der Waals surface area contributed by atoms with Crippen LogP contribution in [0.15, 0.2) is 170 Å². The molecule has 0 radical (unpaired) electrons. The Morgan fingerprint density at radius 3 is 1.54 bits per heavy atom. The van der Waals surface area contributed by atoms with Crippen molar-refractivity contribution in [2.45, 2.75) is 0 Å². The average molecular weight is 641 g/mol. The molecule has 0 unspecified atom stereocenters. The lowest BCUT2D eigenvalue weighted by atomic mass is 10.1. The van der Waals surface area contributed by atoms with E-state index in [1.165, 1.54) is 5.39 Å². The fourth-order valence-corrected chi connectivity index (χ4v) is 7.21. The Kier molecular flexibility index (Phi) is 6.39. The average Bonchev–Trinajstić information content (AvgIpc) is 3.72. The van der Waals surface area contributed by atoms with Gasteiger partial charge in [-0.2, -0.15) is 9.97 Å². The van der Waals surface area contributed by atoms with Gasteiger partial charge in [-0.1, -0.05) is 127 Å². The molecule has 234 valence electrons. The number of rotatable bonds is 5. The van der Waals surface area contributed by atoms with Crippen molar-refractivity contribution < 1.29 is 0 Å². The lowest BCUT2D eigenvalue weighted by Gasteiger charge is -2.14. The molecule has 0 spiro atoms. The zero-order chi connectivity index (χ0) is 33.0. The van der Waals surface area contributed by atoms with Crippen LogP contribution in [0.3, 0.4) is 0 Å². The maximum absolute atomic E-state index is 5.21. The van der Waals surface area contributed by atoms with Crippen molar-refractivity contribution in [1.82, 2.24) is 29.1 Å². The Hall–Kier alpha value is -6.92. The Labute approximate surface area is 287 Å². The van der Waals surface area contributed by atoms with E-state index in [4.69, 9.17) is 15.0 Å². The van der Waals surface area contributed by atoms with Crippen LogP contribution < -0.4 is 0 Å². The zero-order valence-electron chi connectivity index (χ0n) is 26.8. The van der Waals surface area contributed by atoms with E-state index in [9.17, 15) is 0 Å². The molecule has 4 aromatic heterocycles. The third kappa shape index (κ3) is 4.43. The molecule has 50 heavy (non-hydrogen) atoms. The summed E-state index contributed by atoms with van der Waals surface area (Å²) in [6.07, 6.45) is 1.84. The minimum absolute atomic E-state index is 0.565. The van der Waals surface area contributed by atoms with Gasteiger partial charge in [-0.15, -0.1) is 0 Å². The van der Waals surface area contributed by atoms with Crippen molar-refractivity contribution in [2.24, 2.45) is 0 Å². The van der Waals surface area contributed by atoms with Crippen LogP contribution in [0.25, 0.3) is 89.3 Å². The van der Waals surface area contributed by atoms with Gasteiger partial charge in [-0.25, -0.2) is 4.98 Å². The van der Waals surface area contributed by atoms with Gasteiger partial charge in [0, 0.05) is 50.1 Å². The number of para-hydroxylation sites is 2. The van der Waals surface area contributed by atoms with Gasteiger partial charge in [0.15, 0.2) is 11.6 Å². The van der Waals surface area contributed by atoms with E-state index < -0.39 is 0 Å². The highest BCUT2D eigenvalue weighted by molar-refractivity contribution is 6.23. The quantitative estimate of drug-likeness (QED) is 0.188. The molecule has 0 amide bonds. The summed E-state index contributed by atoms with van der Waals surface area (Å²) in [4.78, 5) is 20.1. The van der Waals surface area contributed by atoms with Gasteiger partial charge in [0.25, 0.3) is 0 Å². The first-order valence-corrected chi connectivity index (χ1v) is 16.7. The standard InChI is InChI=1S/C44H28N6/c1-3-14-29(15-4-1)42-46-43(30-16-5-2-6-17-30)48-44(47-42)50-39-24-10-8-21-34(39)36-26-25-35-33-20-7-9-23-38(33)49(40(35)41(36)50)32-19-13-18-31(28-32)37-22-11-12-27-45-37/h1-28H. The first kappa shape index (κ1) is 28.1. The van der Waals surface area contributed by atoms with Crippen molar-refractivity contribution in [1.29, 1.82) is 0 Å². The SMILES string of the molecule is c1ccc(-c2nc(-c3ccccc3)nc(-n3c4ccccc4c4ccc5c6ccccc6n(-c6cccc(-c7ccccn7)c6)c5c43)n2)cc1. The normalized spacial score (nSPS) is 11.6. The number of hydrogen-bond donors (Lipinski definition) is 0. The van der Waals surface area contributed by atoms with E-state index >= 15 is 0 Å². The molecule has 0 saturated heterocycles. The smallest absolute Gasteiger partial charge is 0.238 e. The predicted octanol–water partition coefficient (Wildman–Crippen LogP) is 10.5. The van der Waals surface area contributed by atoms with Gasteiger partial charge in [-0.05, 0) is 36.4 Å². The highest BCUT2D eigenvalue weighted by Gasteiger charge is 2.23. The van der Waals surface area contributed by atoms with Gasteiger partial charge >= 0.3 is 0 Å². The molecule has 6 nitrogen and oxygen atoms in total. The van der Waals surface area contributed by atoms with E-state index in [0.717, 1.165) is 66.3 Å². The second-order valence-corrected chi connectivity index (χ2v) is 12.3. The minimum Gasteiger partial charge on any atom is -0.307 e. The van der Waals surface area contributed by atoms with Gasteiger partial charge in [0.1, 0.15) is 0 Å². The maximum atomic E-state index is 5.21. The molecule has 0 bridgehead atoms. The Bertz CT molecular complexity index is 2800. The fourth-order valence-electron chi connectivity index (χ4n) is 7.21. The van der Waals surface area contributed by atoms with Crippen LogP contribution in [0.1, 0.15) is 0 Å². The molecule has 0 saturated carbocycles. The summed E-state index contributed by atoms with van der Waals surface area (Å²) < 4.78 is 4.61. The number of benzene rings is 6. The predicted molar refractivity (Wildman–Crippen MR) is 203 cm³/mol. The van der Waals surface area contributed by atoms with Crippen LogP contribution in [0.4, 0.5) is 0 Å². The number of hydrogen-bond acceptors (Lipinski definition) is 4. The first-order valence-electron chi connectivity index (χ1n) is 16.7. The van der Waals surface area contributed by atoms with Crippen LogP contribution >= 0.6 is 0 Å². The summed E-state index contributed by atoms with van der Waals surface area (Å²) in [6.45, 7) is 0. The minimum atomic E-state index is 0.565. The fraction of sp³-hybridized carbons (Fsp3) is 0. The summed E-state index contributed by atoms with van der Waals surface area (Å²) in [6, 6.07) is 56.6. The van der Waals surface area contributed by atoms with Crippen LogP contribution in [0.5, 0.6) is 0 Å². The second kappa shape index (κ2) is 11.4. The van der Waals surface area contributed by atoms with Crippen molar-refractivity contribution in [3.05, 3.63) is 170 Å². The van der Waals surface area contributed by atoms with Gasteiger partial charge < -0.3 is 4.57 Å². The molecule has 4 heterocycles. The molecule has 0 aliphatic rings. The van der Waals surface area contributed by atoms with E-state index in [1.807, 2.05) is 79.0 Å². The Morgan fingerprint density at radius 2 is 0.920 bits per heavy atom. The number of pyridine rings is 1. The summed E-state index contributed by atoms with van der Waals surface area (Å²) in [5.41, 5.74) is 9.16. The number of nitrogens with zero attached hydrogens (tertiary/aromatic N) is 6. The van der Waals surface area contributed by atoms with Crippen LogP contribution in [-0.4, -0.2) is 29.1 Å². The molecule has 0 aliphatic carbocycles. The lowest BCUT2D eigenvalue weighted by molar-refractivity contribution is 0.953. The zero-order valence-corrected chi connectivity index (χ0v) is 26.8. The highest BCUT2D eigenvalue weighted by Crippen LogP contribution is 2.41. The molecule has 0 aliphatic heterocycles. The topological polar surface area (TPSA) is 61.4 Å². The molecule has 6 aromatic carbocycles. The summed E-state index contributed by atoms with van der Waals surface area (Å²) >= 11 is 0. The molecule has 6 heteroatoms. The molecule has 0 atom stereocenters. The molecule has 10 aromatic rings. The lowest BCUT2D eigenvalue weighted by Crippen LogP contribution is -2.07. The first-order chi connectivity index (χ1) is 24.8. The van der Waals surface area contributed by atoms with Crippen LogP contribution in [0, 0.1) is 0 Å². The summed E-state index contributed by atoms with van der Waals surface area (Å²) in [7, 11) is 0. The van der Waals surface area contributed by atoms with Gasteiger partial charge in [0.2, 0.25) is 5.95 Å². The monoisotopic (exact) mass is 640 g/mol. The van der Waals surface area contributed by atoms with E-state index in [0.29, 0.717) is 17.6 Å². The summed E-state index contributed by atoms with van der Waals surface area (Å²) in [5, 5.41) is 4.59. The highest BCUT2D eigenvalue weighted by atomic mass is 15.2. The Morgan fingerprint density at radius 1 is 0.380 bits per heavy atom. The molecule has 10 rings (SSSR count). The number of fused-ring (bicyclic) bond motifs is 7. The molecular formula is C44H28N6. The van der Waals surface area contributed by atoms with Crippen LogP contribution in [0.2, 0.25) is 0 Å². The van der Waals surface area contributed by atoms with Crippen molar-refractivity contribution in [3.8, 4) is 45.7 Å². The third-order valence-electron chi connectivity index (χ3n) is 9.42. The largest absolute Gasteiger partial charge is 0.307 e.